The molecule has 1 aliphatic heterocycles. The largest absolute Gasteiger partial charge is 0.451 e. The summed E-state index contributed by atoms with van der Waals surface area (Å²) in [5.74, 6) is -0.142. The van der Waals surface area contributed by atoms with Gasteiger partial charge in [-0.1, -0.05) is 18.2 Å². The van der Waals surface area contributed by atoms with Crippen LogP contribution in [0.5, 0.6) is 0 Å². The molecule has 1 aromatic heterocycles. The van der Waals surface area contributed by atoms with Crippen molar-refractivity contribution in [3.05, 3.63) is 65.7 Å². The fraction of sp³-hybridized carbons (Fsp3) is 0.238. The number of hydrogen-bond acceptors (Lipinski definition) is 5. The second kappa shape index (κ2) is 6.53. The van der Waals surface area contributed by atoms with E-state index in [0.29, 0.717) is 31.5 Å². The second-order valence-electron chi connectivity index (χ2n) is 7.54. The number of nitrogens with zero attached hydrogens (tertiary/aromatic N) is 2. The van der Waals surface area contributed by atoms with Gasteiger partial charge in [0.05, 0.1) is 4.90 Å². The Morgan fingerprint density at radius 2 is 1.90 bits per heavy atom. The second-order valence-corrected chi connectivity index (χ2v) is 9.10. The Kier molecular flexibility index (Phi) is 4.07. The van der Waals surface area contributed by atoms with Gasteiger partial charge in [-0.25, -0.2) is 18.5 Å². The number of carbonyl (C=O) groups excluding carboxylic acids is 1. The molecule has 2 aromatic carbocycles. The number of rotatable bonds is 3. The minimum absolute atomic E-state index is 0.0227. The first-order valence-corrected chi connectivity index (χ1v) is 10.9. The van der Waals surface area contributed by atoms with E-state index in [1.54, 1.807) is 17.2 Å². The lowest BCUT2D eigenvalue weighted by Crippen LogP contribution is -2.35. The van der Waals surface area contributed by atoms with Gasteiger partial charge in [-0.2, -0.15) is 0 Å². The maximum absolute atomic E-state index is 13.3. The summed E-state index contributed by atoms with van der Waals surface area (Å²) in [7, 11) is -3.81. The summed E-state index contributed by atoms with van der Waals surface area (Å²) in [5, 5.41) is 5.26. The molecular formula is C21H19N3O4S. The number of nitrogens with two attached hydrogens (primary N) is 1. The zero-order chi connectivity index (χ0) is 20.2. The number of benzene rings is 2. The van der Waals surface area contributed by atoms with Gasteiger partial charge in [0.25, 0.3) is 0 Å². The molecule has 5 rings (SSSR count). The summed E-state index contributed by atoms with van der Waals surface area (Å²) in [6, 6.07) is 10.9. The van der Waals surface area contributed by atoms with Crippen molar-refractivity contribution in [2.45, 2.75) is 24.2 Å². The molecule has 1 unspecified atom stereocenters. The van der Waals surface area contributed by atoms with Crippen molar-refractivity contribution in [2.24, 2.45) is 11.1 Å². The molecule has 0 radical (unpaired) electrons. The van der Waals surface area contributed by atoms with E-state index in [1.807, 2.05) is 12.1 Å². The van der Waals surface area contributed by atoms with Gasteiger partial charge in [-0.05, 0) is 54.2 Å². The molecule has 0 fully saturated rings. The number of aromatic nitrogens is 1. The Bertz CT molecular complexity index is 1220. The SMILES string of the molecule is NS(=O)(=O)c1ccc2c(c1)N(C(=O)C1Cc3ccc(-c4cocn4)cc3C1)CC2. The Hall–Kier alpha value is -2.97. The van der Waals surface area contributed by atoms with Gasteiger partial charge in [0, 0.05) is 23.7 Å². The Morgan fingerprint density at radius 1 is 1.10 bits per heavy atom. The smallest absolute Gasteiger partial charge is 0.238 e. The first-order valence-electron chi connectivity index (χ1n) is 9.37. The van der Waals surface area contributed by atoms with Gasteiger partial charge in [-0.15, -0.1) is 0 Å². The van der Waals surface area contributed by atoms with Crippen molar-refractivity contribution >= 4 is 21.6 Å². The molecule has 7 nitrogen and oxygen atoms in total. The van der Waals surface area contributed by atoms with Gasteiger partial charge >= 0.3 is 0 Å². The van der Waals surface area contributed by atoms with Gasteiger partial charge in [0.1, 0.15) is 12.0 Å². The van der Waals surface area contributed by atoms with Crippen molar-refractivity contribution in [3.8, 4) is 11.3 Å². The maximum atomic E-state index is 13.3. The molecule has 0 bridgehead atoms. The molecule has 1 atom stereocenters. The summed E-state index contributed by atoms with van der Waals surface area (Å²) < 4.78 is 28.5. The predicted octanol–water partition coefficient (Wildman–Crippen LogP) is 2.29. The van der Waals surface area contributed by atoms with Crippen molar-refractivity contribution in [2.75, 3.05) is 11.4 Å². The lowest BCUT2D eigenvalue weighted by atomic mass is 10.0. The summed E-state index contributed by atoms with van der Waals surface area (Å²) in [6.45, 7) is 0.555. The van der Waals surface area contributed by atoms with Crippen molar-refractivity contribution in [1.29, 1.82) is 0 Å². The van der Waals surface area contributed by atoms with Crippen LogP contribution < -0.4 is 10.0 Å². The van der Waals surface area contributed by atoms with Gasteiger partial charge in [0.2, 0.25) is 15.9 Å². The van der Waals surface area contributed by atoms with Gasteiger partial charge < -0.3 is 9.32 Å². The van der Waals surface area contributed by atoms with Crippen LogP contribution in [-0.2, 0) is 34.1 Å². The quantitative estimate of drug-likeness (QED) is 0.714. The standard InChI is InChI=1S/C21H19N3O4S/c22-29(26,27)18-4-3-13-5-6-24(20(13)10-18)21(25)17-7-14-1-2-15(8-16(14)9-17)19-11-28-12-23-19/h1-4,8,10-12,17H,5-7,9H2,(H2,22,26,27). The molecule has 2 heterocycles. The first-order chi connectivity index (χ1) is 13.9. The normalized spacial score (nSPS) is 18.0. The molecule has 3 aromatic rings. The van der Waals surface area contributed by atoms with Crippen LogP contribution in [0.2, 0.25) is 0 Å². The lowest BCUT2D eigenvalue weighted by Gasteiger charge is -2.21. The van der Waals surface area contributed by atoms with E-state index in [1.165, 1.54) is 18.5 Å². The summed E-state index contributed by atoms with van der Waals surface area (Å²) >= 11 is 0. The monoisotopic (exact) mass is 409 g/mol. The molecule has 0 saturated heterocycles. The molecule has 0 spiro atoms. The highest BCUT2D eigenvalue weighted by molar-refractivity contribution is 7.89. The van der Waals surface area contributed by atoms with Crippen LogP contribution >= 0.6 is 0 Å². The average molecular weight is 409 g/mol. The van der Waals surface area contributed by atoms with E-state index in [2.05, 4.69) is 11.1 Å². The zero-order valence-electron chi connectivity index (χ0n) is 15.5. The average Bonchev–Trinajstić information content (AvgIpc) is 3.44. The van der Waals surface area contributed by atoms with E-state index in [4.69, 9.17) is 9.56 Å². The van der Waals surface area contributed by atoms with E-state index < -0.39 is 10.0 Å². The lowest BCUT2D eigenvalue weighted by molar-refractivity contribution is -0.122. The molecule has 2 aliphatic rings. The van der Waals surface area contributed by atoms with E-state index in [-0.39, 0.29) is 16.7 Å². The third kappa shape index (κ3) is 3.14. The molecule has 1 amide bonds. The minimum atomic E-state index is -3.81. The number of hydrogen-bond donors (Lipinski definition) is 1. The number of carbonyl (C=O) groups is 1. The van der Waals surface area contributed by atoms with Crippen LogP contribution in [0.15, 0.2) is 58.4 Å². The highest BCUT2D eigenvalue weighted by Gasteiger charge is 2.34. The van der Waals surface area contributed by atoms with Crippen molar-refractivity contribution in [3.63, 3.8) is 0 Å². The van der Waals surface area contributed by atoms with E-state index in [0.717, 1.165) is 27.9 Å². The molecule has 29 heavy (non-hydrogen) atoms. The van der Waals surface area contributed by atoms with Crippen molar-refractivity contribution < 1.29 is 17.6 Å². The number of primary sulfonamides is 1. The minimum Gasteiger partial charge on any atom is -0.451 e. The third-order valence-electron chi connectivity index (χ3n) is 5.76. The van der Waals surface area contributed by atoms with Crippen LogP contribution in [-0.4, -0.2) is 25.9 Å². The molecule has 2 N–H and O–H groups in total. The predicted molar refractivity (Wildman–Crippen MR) is 107 cm³/mol. The molecular weight excluding hydrogens is 390 g/mol. The fourth-order valence-corrected chi connectivity index (χ4v) is 4.83. The molecule has 0 saturated carbocycles. The highest BCUT2D eigenvalue weighted by Crippen LogP contribution is 2.36. The Labute approximate surface area is 168 Å². The van der Waals surface area contributed by atoms with Crippen LogP contribution in [0.1, 0.15) is 16.7 Å². The number of anilines is 1. The maximum Gasteiger partial charge on any atom is 0.238 e. The fourth-order valence-electron chi connectivity index (χ4n) is 4.29. The molecule has 148 valence electrons. The van der Waals surface area contributed by atoms with Crippen LogP contribution in [0, 0.1) is 5.92 Å². The van der Waals surface area contributed by atoms with Gasteiger partial charge in [0.15, 0.2) is 6.39 Å². The van der Waals surface area contributed by atoms with E-state index >= 15 is 0 Å². The summed E-state index contributed by atoms with van der Waals surface area (Å²) in [6.07, 6.45) is 5.04. The van der Waals surface area contributed by atoms with Crippen LogP contribution in [0.4, 0.5) is 5.69 Å². The Morgan fingerprint density at radius 3 is 2.66 bits per heavy atom. The summed E-state index contributed by atoms with van der Waals surface area (Å²) in [4.78, 5) is 19.2. The number of amides is 1. The van der Waals surface area contributed by atoms with Gasteiger partial charge in [-0.3, -0.25) is 4.79 Å². The number of sulfonamides is 1. The molecule has 8 heteroatoms. The van der Waals surface area contributed by atoms with Crippen molar-refractivity contribution in [1.82, 2.24) is 4.98 Å². The first kappa shape index (κ1) is 18.1. The zero-order valence-corrected chi connectivity index (χ0v) is 16.4. The highest BCUT2D eigenvalue weighted by atomic mass is 32.2. The third-order valence-corrected chi connectivity index (χ3v) is 6.67. The van der Waals surface area contributed by atoms with Crippen LogP contribution in [0.25, 0.3) is 11.3 Å². The molecule has 1 aliphatic carbocycles. The number of oxazole rings is 1. The Balaban J connectivity index is 1.40. The topological polar surface area (TPSA) is 106 Å². The summed E-state index contributed by atoms with van der Waals surface area (Å²) in [5.41, 5.74) is 5.66. The number of fused-ring (bicyclic) bond motifs is 2. The van der Waals surface area contributed by atoms with Crippen LogP contribution in [0.3, 0.4) is 0 Å². The van der Waals surface area contributed by atoms with E-state index in [9.17, 15) is 13.2 Å².